The van der Waals surface area contributed by atoms with Crippen molar-refractivity contribution in [2.75, 3.05) is 16.8 Å². The van der Waals surface area contributed by atoms with Gasteiger partial charge in [-0.15, -0.1) is 0 Å². The van der Waals surface area contributed by atoms with Crippen LogP contribution in [-0.2, 0) is 13.0 Å². The van der Waals surface area contributed by atoms with E-state index in [9.17, 15) is 13.6 Å². The van der Waals surface area contributed by atoms with Crippen LogP contribution < -0.4 is 10.2 Å². The van der Waals surface area contributed by atoms with E-state index < -0.39 is 17.6 Å². The van der Waals surface area contributed by atoms with Gasteiger partial charge in [0.05, 0.1) is 17.3 Å². The highest BCUT2D eigenvalue weighted by Gasteiger charge is 2.23. The Kier molecular flexibility index (Phi) is 5.84. The maximum Gasteiger partial charge on any atom is 0.335 e. The van der Waals surface area contributed by atoms with E-state index in [2.05, 4.69) is 15.2 Å². The van der Waals surface area contributed by atoms with Gasteiger partial charge in [-0.2, -0.15) is 0 Å². The molecule has 1 aliphatic rings. The molecule has 3 aromatic rings. The van der Waals surface area contributed by atoms with Gasteiger partial charge in [0, 0.05) is 19.3 Å². The third-order valence-corrected chi connectivity index (χ3v) is 5.57. The van der Waals surface area contributed by atoms with Gasteiger partial charge in [0.15, 0.2) is 11.6 Å². The van der Waals surface area contributed by atoms with Crippen molar-refractivity contribution in [1.82, 2.24) is 4.98 Å². The molecule has 0 fully saturated rings. The van der Waals surface area contributed by atoms with Crippen LogP contribution in [-0.4, -0.2) is 22.6 Å². The van der Waals surface area contributed by atoms with Crippen LogP contribution in [0.2, 0.25) is 0 Å². The lowest BCUT2D eigenvalue weighted by molar-refractivity contribution is 0.0697. The van der Waals surface area contributed by atoms with Crippen LogP contribution in [0.3, 0.4) is 0 Å². The molecular weight excluding hydrogens is 400 g/mol. The summed E-state index contributed by atoms with van der Waals surface area (Å²) >= 11 is 0. The first-order chi connectivity index (χ1) is 14.9. The standard InChI is InChI=1S/C24H23F2N3O2/c1-15(17-5-7-19(8-6-17)24(30)31)28-23-22-18(10-11-27-23)3-2-12-29(22)14-16-4-9-20(25)21(26)13-16/h4-11,13,15H,2-3,12,14H2,1H3,(H,27,28)(H,30,31)/t15-/m0/s1. The van der Waals surface area contributed by atoms with Crippen molar-refractivity contribution in [2.24, 2.45) is 0 Å². The van der Waals surface area contributed by atoms with E-state index in [1.807, 2.05) is 13.0 Å². The molecule has 7 heteroatoms. The SMILES string of the molecule is C[C@H](Nc1nccc2c1N(Cc1ccc(F)c(F)c1)CCC2)c1ccc(C(=O)O)cc1. The number of hydrogen-bond donors (Lipinski definition) is 2. The van der Waals surface area contributed by atoms with Crippen molar-refractivity contribution in [3.63, 3.8) is 0 Å². The molecule has 0 spiro atoms. The van der Waals surface area contributed by atoms with Gasteiger partial charge in [-0.3, -0.25) is 0 Å². The minimum Gasteiger partial charge on any atom is -0.478 e. The van der Waals surface area contributed by atoms with Crippen LogP contribution in [0.5, 0.6) is 0 Å². The Morgan fingerprint density at radius 2 is 1.94 bits per heavy atom. The normalized spacial score (nSPS) is 14.1. The van der Waals surface area contributed by atoms with Crippen LogP contribution in [0, 0.1) is 11.6 Å². The summed E-state index contributed by atoms with van der Waals surface area (Å²) in [6.07, 6.45) is 3.65. The lowest BCUT2D eigenvalue weighted by atomic mass is 10.0. The van der Waals surface area contributed by atoms with Gasteiger partial charge < -0.3 is 15.3 Å². The number of aromatic carboxylic acids is 1. The molecule has 0 bridgehead atoms. The third-order valence-electron chi connectivity index (χ3n) is 5.57. The quantitative estimate of drug-likeness (QED) is 0.572. The van der Waals surface area contributed by atoms with Gasteiger partial charge in [0.25, 0.3) is 0 Å². The Morgan fingerprint density at radius 1 is 1.16 bits per heavy atom. The van der Waals surface area contributed by atoms with E-state index in [-0.39, 0.29) is 11.6 Å². The maximum atomic E-state index is 13.7. The molecule has 4 rings (SSSR count). The van der Waals surface area contributed by atoms with E-state index in [0.29, 0.717) is 12.1 Å². The Labute approximate surface area is 179 Å². The monoisotopic (exact) mass is 423 g/mol. The molecule has 0 saturated heterocycles. The molecule has 0 unspecified atom stereocenters. The number of aromatic nitrogens is 1. The highest BCUT2D eigenvalue weighted by atomic mass is 19.2. The molecule has 2 heterocycles. The first-order valence-corrected chi connectivity index (χ1v) is 10.2. The number of carboxylic acids is 1. The number of fused-ring (bicyclic) bond motifs is 1. The fraction of sp³-hybridized carbons (Fsp3) is 0.250. The molecule has 1 aliphatic heterocycles. The molecule has 31 heavy (non-hydrogen) atoms. The van der Waals surface area contributed by atoms with Crippen LogP contribution in [0.1, 0.15) is 46.4 Å². The molecule has 0 saturated carbocycles. The van der Waals surface area contributed by atoms with Crippen molar-refractivity contribution in [3.8, 4) is 0 Å². The fourth-order valence-corrected chi connectivity index (χ4v) is 3.95. The van der Waals surface area contributed by atoms with Gasteiger partial charge in [0.1, 0.15) is 5.82 Å². The van der Waals surface area contributed by atoms with E-state index >= 15 is 0 Å². The first kappa shape index (κ1) is 20.8. The van der Waals surface area contributed by atoms with Crippen LogP contribution in [0.15, 0.2) is 54.7 Å². The number of anilines is 2. The Hall–Kier alpha value is -3.48. The molecule has 2 N–H and O–H groups in total. The smallest absolute Gasteiger partial charge is 0.335 e. The number of carbonyl (C=O) groups is 1. The van der Waals surface area contributed by atoms with Crippen molar-refractivity contribution in [3.05, 3.63) is 88.6 Å². The lowest BCUT2D eigenvalue weighted by Crippen LogP contribution is -2.30. The zero-order chi connectivity index (χ0) is 22.0. The van der Waals surface area contributed by atoms with Gasteiger partial charge in [-0.1, -0.05) is 18.2 Å². The molecule has 0 aliphatic carbocycles. The molecule has 5 nitrogen and oxygen atoms in total. The zero-order valence-corrected chi connectivity index (χ0v) is 17.1. The molecule has 2 aromatic carbocycles. The van der Waals surface area contributed by atoms with Gasteiger partial charge >= 0.3 is 5.97 Å². The Bertz CT molecular complexity index is 1100. The first-order valence-electron chi connectivity index (χ1n) is 10.2. The summed E-state index contributed by atoms with van der Waals surface area (Å²) in [5.41, 5.74) is 3.99. The molecule has 1 aromatic heterocycles. The van der Waals surface area contributed by atoms with Crippen LogP contribution >= 0.6 is 0 Å². The number of hydrogen-bond acceptors (Lipinski definition) is 4. The predicted octanol–water partition coefficient (Wildman–Crippen LogP) is 5.18. The number of nitrogens with one attached hydrogen (secondary N) is 1. The summed E-state index contributed by atoms with van der Waals surface area (Å²) in [4.78, 5) is 17.8. The fourth-order valence-electron chi connectivity index (χ4n) is 3.95. The number of aryl methyl sites for hydroxylation is 1. The van der Waals surface area contributed by atoms with Crippen molar-refractivity contribution in [2.45, 2.75) is 32.4 Å². The summed E-state index contributed by atoms with van der Waals surface area (Å²) in [6, 6.07) is 12.6. The van der Waals surface area contributed by atoms with Crippen LogP contribution in [0.25, 0.3) is 0 Å². The van der Waals surface area contributed by atoms with E-state index in [0.717, 1.165) is 48.1 Å². The van der Waals surface area contributed by atoms with E-state index in [4.69, 9.17) is 5.11 Å². The predicted molar refractivity (Wildman–Crippen MR) is 115 cm³/mol. The maximum absolute atomic E-state index is 13.7. The number of halogens is 2. The second-order valence-electron chi connectivity index (χ2n) is 7.73. The van der Waals surface area contributed by atoms with Gasteiger partial charge in [-0.05, 0) is 66.8 Å². The summed E-state index contributed by atoms with van der Waals surface area (Å²) in [5.74, 6) is -1.94. The largest absolute Gasteiger partial charge is 0.478 e. The zero-order valence-electron chi connectivity index (χ0n) is 17.1. The average molecular weight is 423 g/mol. The Morgan fingerprint density at radius 3 is 2.65 bits per heavy atom. The highest BCUT2D eigenvalue weighted by molar-refractivity contribution is 5.87. The highest BCUT2D eigenvalue weighted by Crippen LogP contribution is 2.35. The molecule has 160 valence electrons. The van der Waals surface area contributed by atoms with Gasteiger partial charge in [0.2, 0.25) is 0 Å². The second kappa shape index (κ2) is 8.71. The molecule has 0 amide bonds. The number of carboxylic acid groups (broad SMARTS) is 1. The second-order valence-corrected chi connectivity index (χ2v) is 7.73. The van der Waals surface area contributed by atoms with Crippen molar-refractivity contribution < 1.29 is 18.7 Å². The Balaban J connectivity index is 1.59. The molecule has 1 atom stereocenters. The van der Waals surface area contributed by atoms with Crippen molar-refractivity contribution >= 4 is 17.5 Å². The van der Waals surface area contributed by atoms with E-state index in [1.165, 1.54) is 6.07 Å². The summed E-state index contributed by atoms with van der Waals surface area (Å²) in [5, 5.41) is 12.5. The number of nitrogens with zero attached hydrogens (tertiary/aromatic N) is 2. The minimum atomic E-state index is -0.959. The molecular formula is C24H23F2N3O2. The van der Waals surface area contributed by atoms with Crippen LogP contribution in [0.4, 0.5) is 20.3 Å². The number of benzene rings is 2. The lowest BCUT2D eigenvalue weighted by Gasteiger charge is -2.33. The number of pyridine rings is 1. The van der Waals surface area contributed by atoms with Gasteiger partial charge in [-0.25, -0.2) is 18.6 Å². The summed E-state index contributed by atoms with van der Waals surface area (Å²) < 4.78 is 27.0. The number of rotatable bonds is 6. The van der Waals surface area contributed by atoms with Crippen molar-refractivity contribution in [1.29, 1.82) is 0 Å². The minimum absolute atomic E-state index is 0.103. The summed E-state index contributed by atoms with van der Waals surface area (Å²) in [7, 11) is 0. The summed E-state index contributed by atoms with van der Waals surface area (Å²) in [6.45, 7) is 3.22. The third kappa shape index (κ3) is 4.50. The molecule has 0 radical (unpaired) electrons. The topological polar surface area (TPSA) is 65.5 Å². The van der Waals surface area contributed by atoms with E-state index in [1.54, 1.807) is 36.5 Å². The average Bonchev–Trinajstić information content (AvgIpc) is 2.76.